The van der Waals surface area contributed by atoms with Gasteiger partial charge in [0.15, 0.2) is 16.3 Å². The van der Waals surface area contributed by atoms with Crippen LogP contribution in [0, 0.1) is 33.6 Å². The molecule has 0 radical (unpaired) electrons. The lowest BCUT2D eigenvalue weighted by atomic mass is 9.89. The van der Waals surface area contributed by atoms with Gasteiger partial charge in [0, 0.05) is 11.6 Å². The molecule has 0 fully saturated rings. The highest BCUT2D eigenvalue weighted by molar-refractivity contribution is 9.10. The van der Waals surface area contributed by atoms with E-state index in [1.807, 2.05) is 13.8 Å². The van der Waals surface area contributed by atoms with Crippen molar-refractivity contribution in [3.8, 4) is 24.0 Å². The van der Waals surface area contributed by atoms with Gasteiger partial charge in [0.1, 0.15) is 0 Å². The van der Waals surface area contributed by atoms with E-state index >= 15 is 0 Å². The van der Waals surface area contributed by atoms with Gasteiger partial charge in [0.05, 0.1) is 12.1 Å². The minimum atomic E-state index is -0.340. The molecule has 172 valence electrons. The summed E-state index contributed by atoms with van der Waals surface area (Å²) in [6.07, 6.45) is 10.8. The molecule has 2 aromatic rings. The maximum absolute atomic E-state index is 11.8. The number of anilines is 1. The lowest BCUT2D eigenvalue weighted by Gasteiger charge is -2.21. The number of nitrogens with one attached hydrogen (secondary N) is 1. The van der Waals surface area contributed by atoms with E-state index in [0.717, 1.165) is 45.1 Å². The van der Waals surface area contributed by atoms with Crippen molar-refractivity contribution in [3.63, 3.8) is 0 Å². The molecule has 0 aliphatic carbocycles. The number of aryl methyl sites for hydroxylation is 1. The van der Waals surface area contributed by atoms with Crippen LogP contribution < -0.4 is 4.72 Å². The third-order valence-electron chi connectivity index (χ3n) is 4.41. The molecular formula is C24H33Br2NO3S. The minimum Gasteiger partial charge on any atom is -0.400 e. The zero-order valence-corrected chi connectivity index (χ0v) is 23.1. The number of thiol groups is 1. The van der Waals surface area contributed by atoms with Crippen LogP contribution in [0.5, 0.6) is 0 Å². The van der Waals surface area contributed by atoms with Crippen LogP contribution in [0.4, 0.5) is 5.69 Å². The third-order valence-corrected chi connectivity index (χ3v) is 5.99. The van der Waals surface area contributed by atoms with Crippen LogP contribution in [-0.2, 0) is 15.0 Å². The SMILES string of the molecule is C#C.CCCC.CO.Cc1ccc(-c2c(C)c(Br)c(NS)c(C)c2CC(=O)OBr)cc1. The third kappa shape index (κ3) is 9.69. The normalized spacial score (nSPS) is 9.03. The first-order valence-electron chi connectivity index (χ1n) is 9.70. The van der Waals surface area contributed by atoms with Gasteiger partial charge >= 0.3 is 5.97 Å². The first-order valence-corrected chi connectivity index (χ1v) is 11.6. The second-order valence-electron chi connectivity index (χ2n) is 6.40. The lowest BCUT2D eigenvalue weighted by Crippen LogP contribution is -2.08. The Morgan fingerprint density at radius 2 is 1.55 bits per heavy atom. The van der Waals surface area contributed by atoms with Gasteiger partial charge in [-0.25, -0.2) is 0 Å². The van der Waals surface area contributed by atoms with Gasteiger partial charge in [-0.05, 0) is 64.5 Å². The number of hydrogen-bond acceptors (Lipinski definition) is 5. The average Bonchev–Trinajstić information content (AvgIpc) is 2.81. The molecular weight excluding hydrogens is 542 g/mol. The second kappa shape index (κ2) is 18.1. The summed E-state index contributed by atoms with van der Waals surface area (Å²) in [6.45, 7) is 10.4. The molecule has 4 nitrogen and oxygen atoms in total. The molecule has 0 bridgehead atoms. The van der Waals surface area contributed by atoms with Crippen LogP contribution in [0.15, 0.2) is 28.7 Å². The van der Waals surface area contributed by atoms with Crippen molar-refractivity contribution in [2.24, 2.45) is 0 Å². The molecule has 0 aliphatic heterocycles. The fraction of sp³-hybridized carbons (Fsp3) is 0.375. The molecule has 0 atom stereocenters. The van der Waals surface area contributed by atoms with E-state index in [2.05, 4.69) is 111 Å². The van der Waals surface area contributed by atoms with E-state index < -0.39 is 0 Å². The number of unbranched alkanes of at least 4 members (excludes halogenated alkanes) is 1. The highest BCUT2D eigenvalue weighted by atomic mass is 79.9. The van der Waals surface area contributed by atoms with Crippen molar-refractivity contribution in [3.05, 3.63) is 51.0 Å². The number of carbonyl (C=O) groups is 1. The van der Waals surface area contributed by atoms with E-state index in [1.165, 1.54) is 18.4 Å². The number of aliphatic hydroxyl groups excluding tert-OH is 1. The Labute approximate surface area is 210 Å². The molecule has 2 aromatic carbocycles. The molecule has 0 aliphatic rings. The van der Waals surface area contributed by atoms with Gasteiger partial charge in [-0.2, -0.15) is 0 Å². The number of rotatable bonds is 5. The molecule has 0 amide bonds. The van der Waals surface area contributed by atoms with Gasteiger partial charge in [-0.1, -0.05) is 69.3 Å². The van der Waals surface area contributed by atoms with Gasteiger partial charge in [-0.3, -0.25) is 4.79 Å². The number of hydrogen-bond donors (Lipinski definition) is 3. The number of halogens is 2. The summed E-state index contributed by atoms with van der Waals surface area (Å²) >= 11 is 10.6. The quantitative estimate of drug-likeness (QED) is 0.258. The lowest BCUT2D eigenvalue weighted by molar-refractivity contribution is -0.131. The summed E-state index contributed by atoms with van der Waals surface area (Å²) < 4.78 is 8.53. The number of aliphatic hydroxyl groups is 1. The molecule has 0 unspecified atom stereocenters. The predicted molar refractivity (Wildman–Crippen MR) is 144 cm³/mol. The Hall–Kier alpha value is -1.46. The standard InChI is InChI=1S/C17H17Br2NO2S.C4H10.C2H2.CH4O/c1-9-4-6-12(7-5-9)15-11(3)16(18)17(20-23)10(2)13(15)8-14(21)22-19;1-3-4-2;2*1-2/h4-7,20,23H,8H2,1-3H3;3-4H2,1-2H3;1-2H;2H,1H3. The average molecular weight is 575 g/mol. The highest BCUT2D eigenvalue weighted by Gasteiger charge is 2.21. The van der Waals surface area contributed by atoms with Crippen LogP contribution in [-0.4, -0.2) is 18.2 Å². The van der Waals surface area contributed by atoms with Crippen molar-refractivity contribution >= 4 is 56.7 Å². The van der Waals surface area contributed by atoms with Crippen molar-refractivity contribution in [1.82, 2.24) is 0 Å². The molecule has 0 saturated heterocycles. The molecule has 0 heterocycles. The summed E-state index contributed by atoms with van der Waals surface area (Å²) in [4.78, 5) is 11.8. The van der Waals surface area contributed by atoms with E-state index in [-0.39, 0.29) is 12.4 Å². The summed E-state index contributed by atoms with van der Waals surface area (Å²) in [5.41, 5.74) is 7.10. The largest absolute Gasteiger partial charge is 0.400 e. The zero-order chi connectivity index (χ0) is 24.6. The number of terminal acetylenes is 1. The molecule has 7 heteroatoms. The summed E-state index contributed by atoms with van der Waals surface area (Å²) in [5, 5.41) is 7.00. The van der Waals surface area contributed by atoms with Gasteiger partial charge in [0.25, 0.3) is 0 Å². The molecule has 31 heavy (non-hydrogen) atoms. The summed E-state index contributed by atoms with van der Waals surface area (Å²) in [7, 11) is 1.00. The Kier molecular flexibility index (Phi) is 18.6. The van der Waals surface area contributed by atoms with E-state index in [9.17, 15) is 4.79 Å². The number of benzene rings is 2. The van der Waals surface area contributed by atoms with Crippen molar-refractivity contribution < 1.29 is 13.7 Å². The van der Waals surface area contributed by atoms with E-state index in [1.54, 1.807) is 0 Å². The van der Waals surface area contributed by atoms with Gasteiger partial charge < -0.3 is 13.7 Å². The van der Waals surface area contributed by atoms with Crippen LogP contribution in [0.1, 0.15) is 48.9 Å². The van der Waals surface area contributed by atoms with Gasteiger partial charge in [-0.15, -0.1) is 12.8 Å². The Balaban J connectivity index is 0. The first-order chi connectivity index (χ1) is 14.8. The summed E-state index contributed by atoms with van der Waals surface area (Å²) in [6, 6.07) is 8.27. The van der Waals surface area contributed by atoms with Crippen LogP contribution in [0.3, 0.4) is 0 Å². The smallest absolute Gasteiger partial charge is 0.321 e. The summed E-state index contributed by atoms with van der Waals surface area (Å²) in [5.74, 6) is -0.340. The van der Waals surface area contributed by atoms with Crippen LogP contribution in [0.25, 0.3) is 11.1 Å². The second-order valence-corrected chi connectivity index (χ2v) is 7.74. The van der Waals surface area contributed by atoms with Crippen LogP contribution in [0.2, 0.25) is 0 Å². The molecule has 0 aromatic heterocycles. The predicted octanol–water partition coefficient (Wildman–Crippen LogP) is 7.36. The topological polar surface area (TPSA) is 58.6 Å². The molecule has 2 N–H and O–H groups in total. The maximum atomic E-state index is 11.8. The van der Waals surface area contributed by atoms with Crippen molar-refractivity contribution in [1.29, 1.82) is 0 Å². The van der Waals surface area contributed by atoms with Crippen LogP contribution >= 0.6 is 45.0 Å². The van der Waals surface area contributed by atoms with Crippen molar-refractivity contribution in [2.45, 2.75) is 53.9 Å². The van der Waals surface area contributed by atoms with Gasteiger partial charge in [0.2, 0.25) is 0 Å². The highest BCUT2D eigenvalue weighted by Crippen LogP contribution is 2.41. The maximum Gasteiger partial charge on any atom is 0.321 e. The first kappa shape index (κ1) is 31.7. The monoisotopic (exact) mass is 573 g/mol. The molecule has 2 rings (SSSR count). The van der Waals surface area contributed by atoms with E-state index in [0.29, 0.717) is 0 Å². The van der Waals surface area contributed by atoms with E-state index in [4.69, 9.17) is 5.11 Å². The number of carbonyl (C=O) groups excluding carboxylic acids is 1. The fourth-order valence-corrected chi connectivity index (χ4v) is 3.80. The molecule has 0 saturated carbocycles. The Morgan fingerprint density at radius 1 is 1.06 bits per heavy atom. The Morgan fingerprint density at radius 3 is 1.94 bits per heavy atom. The Bertz CT molecular complexity index is 820. The zero-order valence-electron chi connectivity index (χ0n) is 19.1. The molecule has 0 spiro atoms. The fourth-order valence-electron chi connectivity index (χ4n) is 2.66. The minimum absolute atomic E-state index is 0.177. The van der Waals surface area contributed by atoms with Crippen molar-refractivity contribution in [2.75, 3.05) is 11.8 Å².